The van der Waals surface area contributed by atoms with Crippen molar-refractivity contribution in [2.24, 2.45) is 0 Å². The maximum absolute atomic E-state index is 11.7. The topological polar surface area (TPSA) is 105 Å². The molecule has 3 N–H and O–H groups in total. The van der Waals surface area contributed by atoms with Crippen molar-refractivity contribution in [1.82, 2.24) is 5.32 Å². The molecule has 1 aromatic rings. The number of carbonyl (C=O) groups is 3. The number of halogens is 2. The van der Waals surface area contributed by atoms with Crippen LogP contribution in [-0.4, -0.2) is 36.2 Å². The van der Waals surface area contributed by atoms with Gasteiger partial charge >= 0.3 is 18.0 Å². The summed E-state index contributed by atoms with van der Waals surface area (Å²) < 4.78 is 5.59. The van der Waals surface area contributed by atoms with Gasteiger partial charge in [0, 0.05) is 8.95 Å². The van der Waals surface area contributed by atoms with Crippen molar-refractivity contribution >= 4 is 55.5 Å². The maximum Gasteiger partial charge on any atom is 0.337 e. The molecule has 0 fully saturated rings. The first-order valence-corrected chi connectivity index (χ1v) is 7.36. The van der Waals surface area contributed by atoms with Crippen molar-refractivity contribution in [3.05, 3.63) is 26.6 Å². The Morgan fingerprint density at radius 1 is 1.29 bits per heavy atom. The van der Waals surface area contributed by atoms with Crippen molar-refractivity contribution in [3.63, 3.8) is 0 Å². The lowest BCUT2D eigenvalue weighted by atomic mass is 10.2. The Balaban J connectivity index is 2.80. The second kappa shape index (κ2) is 7.99. The van der Waals surface area contributed by atoms with E-state index in [9.17, 15) is 14.4 Å². The van der Waals surface area contributed by atoms with Crippen LogP contribution in [-0.2, 0) is 9.53 Å². The second-order valence-corrected chi connectivity index (χ2v) is 5.50. The molecule has 0 radical (unpaired) electrons. The van der Waals surface area contributed by atoms with Crippen molar-refractivity contribution in [2.75, 3.05) is 18.5 Å². The smallest absolute Gasteiger partial charge is 0.337 e. The average Bonchev–Trinajstić information content (AvgIpc) is 2.39. The molecule has 0 aromatic heterocycles. The quantitative estimate of drug-likeness (QED) is 0.631. The summed E-state index contributed by atoms with van der Waals surface area (Å²) in [6, 6.07) is 2.23. The Kier molecular flexibility index (Phi) is 6.63. The van der Waals surface area contributed by atoms with E-state index in [1.54, 1.807) is 13.0 Å². The van der Waals surface area contributed by atoms with Gasteiger partial charge in [0.25, 0.3) is 0 Å². The fraction of sp³-hybridized carbons (Fsp3) is 0.250. The molecule has 9 heteroatoms. The van der Waals surface area contributed by atoms with Crippen LogP contribution in [0.2, 0.25) is 0 Å². The molecule has 21 heavy (non-hydrogen) atoms. The summed E-state index contributed by atoms with van der Waals surface area (Å²) >= 11 is 6.34. The third-order valence-electron chi connectivity index (χ3n) is 2.22. The van der Waals surface area contributed by atoms with Crippen LogP contribution in [0.4, 0.5) is 10.5 Å². The van der Waals surface area contributed by atoms with Crippen molar-refractivity contribution < 1.29 is 24.2 Å². The Bertz CT molecular complexity index is 577. The highest BCUT2D eigenvalue weighted by Gasteiger charge is 2.17. The molecule has 0 bridgehead atoms. The number of carboxylic acid groups (broad SMARTS) is 1. The SMILES string of the molecule is CCOC(=O)CNC(=O)Nc1c(Br)cc(Br)cc1C(=O)O. The molecule has 0 unspecified atom stereocenters. The molecule has 7 nitrogen and oxygen atoms in total. The summed E-state index contributed by atoms with van der Waals surface area (Å²) in [7, 11) is 0. The summed E-state index contributed by atoms with van der Waals surface area (Å²) in [5, 5.41) is 13.8. The number of aromatic carboxylic acids is 1. The van der Waals surface area contributed by atoms with Crippen LogP contribution in [0.3, 0.4) is 0 Å². The van der Waals surface area contributed by atoms with Crippen LogP contribution in [0, 0.1) is 0 Å². The summed E-state index contributed by atoms with van der Waals surface area (Å²) in [5.41, 5.74) is -0.00501. The lowest BCUT2D eigenvalue weighted by Crippen LogP contribution is -2.34. The lowest BCUT2D eigenvalue weighted by molar-refractivity contribution is -0.141. The van der Waals surface area contributed by atoms with Gasteiger partial charge in [0.2, 0.25) is 0 Å². The van der Waals surface area contributed by atoms with E-state index in [0.29, 0.717) is 8.95 Å². The first-order chi connectivity index (χ1) is 9.85. The number of benzene rings is 1. The van der Waals surface area contributed by atoms with Gasteiger partial charge in [0.15, 0.2) is 0 Å². The summed E-state index contributed by atoms with van der Waals surface area (Å²) in [4.78, 5) is 34.0. The fourth-order valence-electron chi connectivity index (χ4n) is 1.39. The normalized spacial score (nSPS) is 9.86. The number of ether oxygens (including phenoxy) is 1. The number of carboxylic acids is 1. The number of esters is 1. The van der Waals surface area contributed by atoms with E-state index in [2.05, 4.69) is 47.2 Å². The third kappa shape index (κ3) is 5.35. The highest BCUT2D eigenvalue weighted by Crippen LogP contribution is 2.30. The van der Waals surface area contributed by atoms with E-state index in [-0.39, 0.29) is 24.4 Å². The van der Waals surface area contributed by atoms with Crippen molar-refractivity contribution in [1.29, 1.82) is 0 Å². The zero-order chi connectivity index (χ0) is 16.0. The Morgan fingerprint density at radius 2 is 1.95 bits per heavy atom. The molecule has 0 spiro atoms. The minimum atomic E-state index is -1.20. The summed E-state index contributed by atoms with van der Waals surface area (Å²) in [6.07, 6.45) is 0. The Morgan fingerprint density at radius 3 is 2.52 bits per heavy atom. The highest BCUT2D eigenvalue weighted by molar-refractivity contribution is 9.11. The van der Waals surface area contributed by atoms with E-state index >= 15 is 0 Å². The number of nitrogens with one attached hydrogen (secondary N) is 2. The summed E-state index contributed by atoms with van der Waals surface area (Å²) in [5.74, 6) is -1.78. The number of urea groups is 1. The van der Waals surface area contributed by atoms with Gasteiger partial charge in [0.1, 0.15) is 6.54 Å². The van der Waals surface area contributed by atoms with Crippen LogP contribution in [0.1, 0.15) is 17.3 Å². The average molecular weight is 424 g/mol. The van der Waals surface area contributed by atoms with Crippen molar-refractivity contribution in [2.45, 2.75) is 6.92 Å². The summed E-state index contributed by atoms with van der Waals surface area (Å²) in [6.45, 7) is 1.55. The lowest BCUT2D eigenvalue weighted by Gasteiger charge is -2.12. The molecule has 2 amide bonds. The van der Waals surface area contributed by atoms with Crippen LogP contribution in [0.5, 0.6) is 0 Å². The monoisotopic (exact) mass is 422 g/mol. The highest BCUT2D eigenvalue weighted by atomic mass is 79.9. The minimum absolute atomic E-state index is 0.0899. The van der Waals surface area contributed by atoms with Crippen LogP contribution in [0.15, 0.2) is 21.1 Å². The molecule has 0 saturated carbocycles. The Labute approximate surface area is 137 Å². The number of hydrogen-bond acceptors (Lipinski definition) is 4. The fourth-order valence-corrected chi connectivity index (χ4v) is 2.72. The van der Waals surface area contributed by atoms with Gasteiger partial charge in [-0.15, -0.1) is 0 Å². The zero-order valence-corrected chi connectivity index (χ0v) is 14.1. The molecular weight excluding hydrogens is 412 g/mol. The molecule has 0 aliphatic carbocycles. The van der Waals surface area contributed by atoms with Gasteiger partial charge in [0.05, 0.1) is 17.9 Å². The standard InChI is InChI=1S/C12H12Br2N2O5/c1-2-21-9(17)5-15-12(20)16-10-7(11(18)19)3-6(13)4-8(10)14/h3-4H,2,5H2,1H3,(H,18,19)(H2,15,16,20). The zero-order valence-electron chi connectivity index (χ0n) is 10.9. The van der Waals surface area contributed by atoms with Gasteiger partial charge in [-0.1, -0.05) is 15.9 Å². The van der Waals surface area contributed by atoms with E-state index in [4.69, 9.17) is 5.11 Å². The molecule has 0 aliphatic heterocycles. The number of hydrogen-bond donors (Lipinski definition) is 3. The van der Waals surface area contributed by atoms with Gasteiger partial charge in [-0.05, 0) is 35.0 Å². The minimum Gasteiger partial charge on any atom is -0.478 e. The largest absolute Gasteiger partial charge is 0.478 e. The van der Waals surface area contributed by atoms with Crippen LogP contribution < -0.4 is 10.6 Å². The predicted molar refractivity (Wildman–Crippen MR) is 82.5 cm³/mol. The number of anilines is 1. The first kappa shape index (κ1) is 17.4. The van der Waals surface area contributed by atoms with Gasteiger partial charge < -0.3 is 20.5 Å². The maximum atomic E-state index is 11.7. The van der Waals surface area contributed by atoms with Crippen LogP contribution >= 0.6 is 31.9 Å². The van der Waals surface area contributed by atoms with E-state index in [1.807, 2.05) is 0 Å². The molecule has 0 saturated heterocycles. The van der Waals surface area contributed by atoms with E-state index in [0.717, 1.165) is 0 Å². The first-order valence-electron chi connectivity index (χ1n) is 5.78. The van der Waals surface area contributed by atoms with Gasteiger partial charge in [-0.3, -0.25) is 4.79 Å². The van der Waals surface area contributed by atoms with Gasteiger partial charge in [-0.2, -0.15) is 0 Å². The molecule has 1 rings (SSSR count). The number of amides is 2. The molecule has 0 heterocycles. The number of rotatable bonds is 5. The Hall–Kier alpha value is -1.61. The second-order valence-electron chi connectivity index (χ2n) is 3.73. The van der Waals surface area contributed by atoms with E-state index < -0.39 is 18.0 Å². The molecular formula is C12H12Br2N2O5. The molecule has 114 valence electrons. The predicted octanol–water partition coefficient (Wildman–Crippen LogP) is 2.59. The molecule has 1 aromatic carbocycles. The third-order valence-corrected chi connectivity index (χ3v) is 3.31. The van der Waals surface area contributed by atoms with Gasteiger partial charge in [-0.25, -0.2) is 9.59 Å². The van der Waals surface area contributed by atoms with Crippen molar-refractivity contribution in [3.8, 4) is 0 Å². The van der Waals surface area contributed by atoms with Crippen LogP contribution in [0.25, 0.3) is 0 Å². The number of carbonyl (C=O) groups excluding carboxylic acids is 2. The molecule has 0 aliphatic rings. The molecule has 0 atom stereocenters. The van der Waals surface area contributed by atoms with E-state index in [1.165, 1.54) is 6.07 Å².